The van der Waals surface area contributed by atoms with Gasteiger partial charge < -0.3 is 15.3 Å². The maximum absolute atomic E-state index is 9.65. The second kappa shape index (κ2) is 6.72. The first-order valence-corrected chi connectivity index (χ1v) is 7.44. The summed E-state index contributed by atoms with van der Waals surface area (Å²) in [5.74, 6) is 0. The van der Waals surface area contributed by atoms with E-state index in [2.05, 4.69) is 17.1 Å². The van der Waals surface area contributed by atoms with E-state index in [9.17, 15) is 5.11 Å². The smallest absolute Gasteiger partial charge is 0.0664 e. The number of β-amino-alcohol motifs (C(OH)–C–C–N with tert-alkyl or cyclic N) is 1. The van der Waals surface area contributed by atoms with E-state index in [4.69, 9.17) is 0 Å². The van der Waals surface area contributed by atoms with Crippen molar-refractivity contribution in [2.24, 2.45) is 0 Å². The number of hydrogen-bond donors (Lipinski definition) is 2. The van der Waals surface area contributed by atoms with Gasteiger partial charge in [-0.15, -0.1) is 0 Å². The van der Waals surface area contributed by atoms with E-state index in [-0.39, 0.29) is 6.10 Å². The Balaban J connectivity index is 1.63. The van der Waals surface area contributed by atoms with Crippen LogP contribution in [0.25, 0.3) is 0 Å². The lowest BCUT2D eigenvalue weighted by Gasteiger charge is -2.34. The Bertz CT molecular complexity index is 208. The molecule has 0 amide bonds. The molecule has 2 fully saturated rings. The minimum atomic E-state index is -0.130. The van der Waals surface area contributed by atoms with E-state index in [0.717, 1.165) is 38.1 Å². The average Bonchev–Trinajstić information content (AvgIpc) is 2.84. The molecule has 100 valence electrons. The van der Waals surface area contributed by atoms with Gasteiger partial charge in [0.1, 0.15) is 0 Å². The topological polar surface area (TPSA) is 35.5 Å². The summed E-state index contributed by atoms with van der Waals surface area (Å²) in [4.78, 5) is 2.42. The van der Waals surface area contributed by atoms with Gasteiger partial charge in [-0.05, 0) is 45.2 Å². The molecule has 17 heavy (non-hydrogen) atoms. The van der Waals surface area contributed by atoms with E-state index in [1.54, 1.807) is 0 Å². The summed E-state index contributed by atoms with van der Waals surface area (Å²) in [5.41, 5.74) is 0. The molecule has 0 spiro atoms. The monoisotopic (exact) mass is 240 g/mol. The second-order valence-corrected chi connectivity index (χ2v) is 5.79. The van der Waals surface area contributed by atoms with Crippen LogP contribution in [0.15, 0.2) is 0 Å². The van der Waals surface area contributed by atoms with Gasteiger partial charge in [0.05, 0.1) is 6.10 Å². The molecule has 0 radical (unpaired) electrons. The molecule has 0 aromatic heterocycles. The number of hydrogen-bond acceptors (Lipinski definition) is 3. The van der Waals surface area contributed by atoms with Crippen LogP contribution in [0.4, 0.5) is 0 Å². The molecule has 1 aliphatic heterocycles. The molecule has 3 heteroatoms. The zero-order valence-electron chi connectivity index (χ0n) is 11.2. The van der Waals surface area contributed by atoms with Gasteiger partial charge in [0.15, 0.2) is 0 Å². The summed E-state index contributed by atoms with van der Waals surface area (Å²) in [6, 6.07) is 1.53. The Hall–Kier alpha value is -0.120. The van der Waals surface area contributed by atoms with Crippen LogP contribution in [0.5, 0.6) is 0 Å². The summed E-state index contributed by atoms with van der Waals surface area (Å²) >= 11 is 0. The van der Waals surface area contributed by atoms with Crippen molar-refractivity contribution in [2.75, 3.05) is 19.6 Å². The lowest BCUT2D eigenvalue weighted by Crippen LogP contribution is -2.47. The highest BCUT2D eigenvalue weighted by Gasteiger charge is 2.23. The van der Waals surface area contributed by atoms with Crippen LogP contribution in [0.2, 0.25) is 0 Å². The molecular formula is C14H28N2O. The first kappa shape index (κ1) is 13.3. The van der Waals surface area contributed by atoms with Crippen molar-refractivity contribution in [3.63, 3.8) is 0 Å². The number of likely N-dealkylation sites (tertiary alicyclic amines) is 1. The number of aliphatic hydroxyl groups is 1. The maximum atomic E-state index is 9.65. The predicted octanol–water partition coefficient (Wildman–Crippen LogP) is 1.75. The van der Waals surface area contributed by atoms with E-state index in [0.29, 0.717) is 0 Å². The Labute approximate surface area is 106 Å². The minimum Gasteiger partial charge on any atom is -0.392 e. The molecule has 2 N–H and O–H groups in total. The number of rotatable bonds is 5. The van der Waals surface area contributed by atoms with Crippen molar-refractivity contribution in [1.82, 2.24) is 10.2 Å². The molecule has 2 aliphatic rings. The molecule has 3 nitrogen and oxygen atoms in total. The molecule has 1 aliphatic carbocycles. The summed E-state index contributed by atoms with van der Waals surface area (Å²) in [6.45, 7) is 5.23. The predicted molar refractivity (Wildman–Crippen MR) is 71.2 cm³/mol. The molecule has 1 unspecified atom stereocenters. The van der Waals surface area contributed by atoms with Crippen molar-refractivity contribution >= 4 is 0 Å². The summed E-state index contributed by atoms with van der Waals surface area (Å²) in [5, 5.41) is 13.5. The number of aliphatic hydroxyl groups excluding tert-OH is 1. The highest BCUT2D eigenvalue weighted by molar-refractivity contribution is 4.83. The Morgan fingerprint density at radius 1 is 1.12 bits per heavy atom. The largest absolute Gasteiger partial charge is 0.392 e. The highest BCUT2D eigenvalue weighted by atomic mass is 16.3. The minimum absolute atomic E-state index is 0.130. The second-order valence-electron chi connectivity index (χ2n) is 5.79. The fourth-order valence-electron chi connectivity index (χ4n) is 3.14. The fourth-order valence-corrected chi connectivity index (χ4v) is 3.14. The third-order valence-electron chi connectivity index (χ3n) is 4.35. The van der Waals surface area contributed by atoms with E-state index in [1.165, 1.54) is 38.5 Å². The highest BCUT2D eigenvalue weighted by Crippen LogP contribution is 2.20. The van der Waals surface area contributed by atoms with E-state index < -0.39 is 0 Å². The van der Waals surface area contributed by atoms with Crippen molar-refractivity contribution in [1.29, 1.82) is 0 Å². The maximum Gasteiger partial charge on any atom is 0.0664 e. The molecule has 0 bridgehead atoms. The van der Waals surface area contributed by atoms with Crippen molar-refractivity contribution in [3.8, 4) is 0 Å². The number of piperidine rings is 1. The van der Waals surface area contributed by atoms with Gasteiger partial charge in [-0.3, -0.25) is 0 Å². The lowest BCUT2D eigenvalue weighted by molar-refractivity contribution is 0.0903. The molecule has 1 atom stereocenters. The molecule has 0 aromatic carbocycles. The SMILES string of the molecule is CCC(O)CN1CCC(NC2CCCC2)CC1. The van der Waals surface area contributed by atoms with Crippen LogP contribution >= 0.6 is 0 Å². The summed E-state index contributed by atoms with van der Waals surface area (Å²) in [7, 11) is 0. The summed E-state index contributed by atoms with van der Waals surface area (Å²) in [6.07, 6.45) is 8.86. The van der Waals surface area contributed by atoms with Gasteiger partial charge in [0.25, 0.3) is 0 Å². The first-order valence-electron chi connectivity index (χ1n) is 7.44. The van der Waals surface area contributed by atoms with Gasteiger partial charge >= 0.3 is 0 Å². The first-order chi connectivity index (χ1) is 8.28. The van der Waals surface area contributed by atoms with Crippen molar-refractivity contribution in [2.45, 2.75) is 70.1 Å². The van der Waals surface area contributed by atoms with Crippen LogP contribution in [-0.2, 0) is 0 Å². The van der Waals surface area contributed by atoms with E-state index >= 15 is 0 Å². The normalized spacial score (nSPS) is 26.5. The van der Waals surface area contributed by atoms with Crippen LogP contribution in [0.3, 0.4) is 0 Å². The third-order valence-corrected chi connectivity index (χ3v) is 4.35. The quantitative estimate of drug-likeness (QED) is 0.768. The Kier molecular flexibility index (Phi) is 5.26. The van der Waals surface area contributed by atoms with Crippen LogP contribution < -0.4 is 5.32 Å². The fraction of sp³-hybridized carbons (Fsp3) is 1.00. The van der Waals surface area contributed by atoms with Crippen molar-refractivity contribution in [3.05, 3.63) is 0 Å². The van der Waals surface area contributed by atoms with Crippen LogP contribution in [0.1, 0.15) is 51.9 Å². The zero-order valence-corrected chi connectivity index (χ0v) is 11.2. The van der Waals surface area contributed by atoms with Crippen LogP contribution in [-0.4, -0.2) is 47.8 Å². The van der Waals surface area contributed by atoms with Crippen LogP contribution in [0, 0.1) is 0 Å². The summed E-state index contributed by atoms with van der Waals surface area (Å²) < 4.78 is 0. The van der Waals surface area contributed by atoms with Crippen molar-refractivity contribution < 1.29 is 5.11 Å². The van der Waals surface area contributed by atoms with Gasteiger partial charge in [0.2, 0.25) is 0 Å². The lowest BCUT2D eigenvalue weighted by atomic mass is 10.0. The third kappa shape index (κ3) is 4.23. The molecule has 1 heterocycles. The van der Waals surface area contributed by atoms with Gasteiger partial charge in [-0.2, -0.15) is 0 Å². The molecular weight excluding hydrogens is 212 g/mol. The Morgan fingerprint density at radius 2 is 1.71 bits per heavy atom. The van der Waals surface area contributed by atoms with Gasteiger partial charge in [-0.25, -0.2) is 0 Å². The number of nitrogens with one attached hydrogen (secondary N) is 1. The van der Waals surface area contributed by atoms with E-state index in [1.807, 2.05) is 0 Å². The molecule has 1 saturated carbocycles. The Morgan fingerprint density at radius 3 is 2.29 bits per heavy atom. The van der Waals surface area contributed by atoms with Gasteiger partial charge in [0, 0.05) is 18.6 Å². The average molecular weight is 240 g/mol. The molecule has 2 rings (SSSR count). The number of nitrogens with zero attached hydrogens (tertiary/aromatic N) is 1. The zero-order chi connectivity index (χ0) is 12.1. The standard InChI is InChI=1S/C14H28N2O/c1-2-14(17)11-16-9-7-13(8-10-16)15-12-5-3-4-6-12/h12-15,17H,2-11H2,1H3. The van der Waals surface area contributed by atoms with Gasteiger partial charge in [-0.1, -0.05) is 19.8 Å². The molecule has 0 aromatic rings. The molecule has 1 saturated heterocycles.